The molecule has 0 saturated carbocycles. The lowest BCUT2D eigenvalue weighted by Crippen LogP contribution is -2.50. The van der Waals surface area contributed by atoms with Crippen LogP contribution in [0, 0.1) is 5.82 Å². The second-order valence-corrected chi connectivity index (χ2v) is 8.15. The molecule has 2 aromatic carbocycles. The standard InChI is InChI=1S/C23H21Cl2FN4O3/c1-32-20-5-3-2-4-16(20)19-6-7-21(28-27-19)29-8-10-30(11-9-29)22(31)14-33-23-17(24)12-15(26)13-18(23)25/h2-7,12-13H,8-11,14H2,1H3. The molecule has 0 bridgehead atoms. The van der Waals surface area contributed by atoms with Crippen LogP contribution in [-0.2, 0) is 4.79 Å². The van der Waals surface area contributed by atoms with Crippen molar-refractivity contribution >= 4 is 34.9 Å². The Hall–Kier alpha value is -3.10. The molecule has 4 rings (SSSR count). The van der Waals surface area contributed by atoms with Crippen LogP contribution in [0.25, 0.3) is 11.3 Å². The number of amides is 1. The molecule has 10 heteroatoms. The zero-order valence-corrected chi connectivity index (χ0v) is 19.3. The molecule has 3 aromatic rings. The van der Waals surface area contributed by atoms with Crippen LogP contribution in [0.2, 0.25) is 10.0 Å². The highest BCUT2D eigenvalue weighted by molar-refractivity contribution is 6.37. The van der Waals surface area contributed by atoms with E-state index in [4.69, 9.17) is 32.7 Å². The highest BCUT2D eigenvalue weighted by Crippen LogP contribution is 2.34. The number of nitrogens with zero attached hydrogens (tertiary/aromatic N) is 4. The van der Waals surface area contributed by atoms with Crippen LogP contribution >= 0.6 is 23.2 Å². The number of ether oxygens (including phenoxy) is 2. The summed E-state index contributed by atoms with van der Waals surface area (Å²) in [5.41, 5.74) is 1.59. The smallest absolute Gasteiger partial charge is 0.260 e. The summed E-state index contributed by atoms with van der Waals surface area (Å²) >= 11 is 11.9. The molecule has 0 spiro atoms. The molecule has 1 aliphatic rings. The zero-order valence-electron chi connectivity index (χ0n) is 17.8. The molecule has 1 aromatic heterocycles. The summed E-state index contributed by atoms with van der Waals surface area (Å²) in [7, 11) is 1.62. The van der Waals surface area contributed by atoms with Crippen molar-refractivity contribution < 1.29 is 18.7 Å². The van der Waals surface area contributed by atoms with Crippen molar-refractivity contribution in [1.82, 2.24) is 15.1 Å². The van der Waals surface area contributed by atoms with Gasteiger partial charge in [-0.05, 0) is 36.4 Å². The van der Waals surface area contributed by atoms with Gasteiger partial charge in [0.2, 0.25) is 0 Å². The van der Waals surface area contributed by atoms with E-state index in [-0.39, 0.29) is 28.3 Å². The van der Waals surface area contributed by atoms with E-state index >= 15 is 0 Å². The van der Waals surface area contributed by atoms with Gasteiger partial charge in [-0.1, -0.05) is 35.3 Å². The van der Waals surface area contributed by atoms with Crippen LogP contribution in [0.1, 0.15) is 0 Å². The lowest BCUT2D eigenvalue weighted by Gasteiger charge is -2.35. The number of methoxy groups -OCH3 is 1. The Bertz CT molecular complexity index is 1120. The molecule has 2 heterocycles. The van der Waals surface area contributed by atoms with E-state index in [1.54, 1.807) is 12.0 Å². The highest BCUT2D eigenvalue weighted by atomic mass is 35.5. The summed E-state index contributed by atoms with van der Waals surface area (Å²) in [6.45, 7) is 1.98. The summed E-state index contributed by atoms with van der Waals surface area (Å²) < 4.78 is 24.1. The Balaban J connectivity index is 1.33. The number of hydrogen-bond donors (Lipinski definition) is 0. The molecule has 1 aliphatic heterocycles. The first kappa shape index (κ1) is 23.1. The molecule has 33 heavy (non-hydrogen) atoms. The Kier molecular flexibility index (Phi) is 7.15. The van der Waals surface area contributed by atoms with Crippen molar-refractivity contribution in [2.45, 2.75) is 0 Å². The average molecular weight is 491 g/mol. The second kappa shape index (κ2) is 10.2. The normalized spacial score (nSPS) is 13.7. The van der Waals surface area contributed by atoms with Gasteiger partial charge in [-0.25, -0.2) is 4.39 Å². The molecule has 0 atom stereocenters. The lowest BCUT2D eigenvalue weighted by molar-refractivity contribution is -0.133. The summed E-state index contributed by atoms with van der Waals surface area (Å²) in [6, 6.07) is 13.6. The van der Waals surface area contributed by atoms with E-state index in [0.29, 0.717) is 26.2 Å². The monoisotopic (exact) mass is 490 g/mol. The number of carbonyl (C=O) groups is 1. The third-order valence-corrected chi connectivity index (χ3v) is 5.85. The maximum atomic E-state index is 13.3. The third-order valence-electron chi connectivity index (χ3n) is 5.29. The first-order valence-electron chi connectivity index (χ1n) is 10.2. The van der Waals surface area contributed by atoms with Crippen molar-refractivity contribution in [3.63, 3.8) is 0 Å². The van der Waals surface area contributed by atoms with Crippen molar-refractivity contribution in [2.24, 2.45) is 0 Å². The maximum absolute atomic E-state index is 13.3. The van der Waals surface area contributed by atoms with Crippen LogP contribution in [-0.4, -0.2) is 60.9 Å². The van der Waals surface area contributed by atoms with E-state index < -0.39 is 5.82 Å². The van der Waals surface area contributed by atoms with Gasteiger partial charge in [-0.15, -0.1) is 10.2 Å². The molecular formula is C23H21Cl2FN4O3. The van der Waals surface area contributed by atoms with Crippen molar-refractivity contribution in [3.05, 3.63) is 64.4 Å². The van der Waals surface area contributed by atoms with Gasteiger partial charge in [-0.2, -0.15) is 0 Å². The largest absolute Gasteiger partial charge is 0.496 e. The van der Waals surface area contributed by atoms with Crippen LogP contribution in [0.3, 0.4) is 0 Å². The third kappa shape index (κ3) is 5.29. The molecular weight excluding hydrogens is 470 g/mol. The van der Waals surface area contributed by atoms with Crippen molar-refractivity contribution in [1.29, 1.82) is 0 Å². The van der Waals surface area contributed by atoms with Gasteiger partial charge in [-0.3, -0.25) is 4.79 Å². The molecule has 0 aliphatic carbocycles. The number of hydrogen-bond acceptors (Lipinski definition) is 6. The van der Waals surface area contributed by atoms with Crippen molar-refractivity contribution in [3.8, 4) is 22.8 Å². The van der Waals surface area contributed by atoms with Crippen LogP contribution in [0.15, 0.2) is 48.5 Å². The summed E-state index contributed by atoms with van der Waals surface area (Å²) in [5.74, 6) is 0.790. The second-order valence-electron chi connectivity index (χ2n) is 7.33. The average Bonchev–Trinajstić information content (AvgIpc) is 2.83. The fraction of sp³-hybridized carbons (Fsp3) is 0.261. The molecule has 1 fully saturated rings. The first-order valence-corrected chi connectivity index (χ1v) is 11.0. The fourth-order valence-corrected chi connectivity index (χ4v) is 4.14. The lowest BCUT2D eigenvalue weighted by atomic mass is 10.1. The van der Waals surface area contributed by atoms with Gasteiger partial charge < -0.3 is 19.3 Å². The molecule has 0 N–H and O–H groups in total. The number of benzene rings is 2. The minimum absolute atomic E-state index is 0.0211. The number of aromatic nitrogens is 2. The van der Waals surface area contributed by atoms with Gasteiger partial charge in [0.15, 0.2) is 18.2 Å². The number of carbonyl (C=O) groups excluding carboxylic acids is 1. The topological polar surface area (TPSA) is 67.8 Å². The SMILES string of the molecule is COc1ccccc1-c1ccc(N2CCN(C(=O)COc3c(Cl)cc(F)cc3Cl)CC2)nn1. The Morgan fingerprint density at radius 3 is 2.36 bits per heavy atom. The number of anilines is 1. The first-order chi connectivity index (χ1) is 16.0. The summed E-state index contributed by atoms with van der Waals surface area (Å²) in [6.07, 6.45) is 0. The summed E-state index contributed by atoms with van der Waals surface area (Å²) in [5, 5.41) is 8.75. The maximum Gasteiger partial charge on any atom is 0.260 e. The van der Waals surface area contributed by atoms with E-state index in [2.05, 4.69) is 15.1 Å². The Morgan fingerprint density at radius 2 is 1.73 bits per heavy atom. The number of piperazine rings is 1. The van der Waals surface area contributed by atoms with Crippen LogP contribution in [0.5, 0.6) is 11.5 Å². The molecule has 0 unspecified atom stereocenters. The van der Waals surface area contributed by atoms with Gasteiger partial charge >= 0.3 is 0 Å². The molecule has 1 saturated heterocycles. The van der Waals surface area contributed by atoms with Gasteiger partial charge in [0.25, 0.3) is 5.91 Å². The fourth-order valence-electron chi connectivity index (χ4n) is 3.57. The van der Waals surface area contributed by atoms with Gasteiger partial charge in [0, 0.05) is 31.7 Å². The predicted molar refractivity (Wildman–Crippen MR) is 125 cm³/mol. The van der Waals surface area contributed by atoms with Gasteiger partial charge in [0.1, 0.15) is 11.6 Å². The highest BCUT2D eigenvalue weighted by Gasteiger charge is 2.23. The Morgan fingerprint density at radius 1 is 1.03 bits per heavy atom. The molecule has 0 radical (unpaired) electrons. The Labute approximate surface area is 200 Å². The number of para-hydroxylation sites is 1. The van der Waals surface area contributed by atoms with E-state index in [1.807, 2.05) is 36.4 Å². The molecule has 1 amide bonds. The van der Waals surface area contributed by atoms with Crippen LogP contribution < -0.4 is 14.4 Å². The number of rotatable bonds is 6. The molecule has 172 valence electrons. The van der Waals surface area contributed by atoms with Crippen molar-refractivity contribution in [2.75, 3.05) is 44.8 Å². The number of halogens is 3. The predicted octanol–water partition coefficient (Wildman–Crippen LogP) is 4.33. The van der Waals surface area contributed by atoms with Gasteiger partial charge in [0.05, 0.1) is 22.8 Å². The minimum atomic E-state index is -0.571. The van der Waals surface area contributed by atoms with E-state index in [9.17, 15) is 9.18 Å². The summed E-state index contributed by atoms with van der Waals surface area (Å²) in [4.78, 5) is 16.3. The minimum Gasteiger partial charge on any atom is -0.496 e. The zero-order chi connectivity index (χ0) is 23.4. The van der Waals surface area contributed by atoms with E-state index in [0.717, 1.165) is 35.0 Å². The quantitative estimate of drug-likeness (QED) is 0.512. The van der Waals surface area contributed by atoms with E-state index in [1.165, 1.54) is 0 Å². The van der Waals surface area contributed by atoms with Crippen LogP contribution in [0.4, 0.5) is 10.2 Å². The molecule has 7 nitrogen and oxygen atoms in total.